The minimum atomic E-state index is -3.88. The summed E-state index contributed by atoms with van der Waals surface area (Å²) in [6.07, 6.45) is 1.68. The standard InChI is InChI=1S/C24H22N2O6S/c1-30-21-11-15(12-22(31-2)24(21)32-3)23(27)19-14-26(20-10-5-4-9-18(19)20)16-7-6-8-17(13-16)33(25,28)29/h4-14H,1-3H3,(H2,25,28,29). The third-order valence-electron chi connectivity index (χ3n) is 5.31. The van der Waals surface area contributed by atoms with Crippen molar-refractivity contribution in [3.63, 3.8) is 0 Å². The number of para-hydroxylation sites is 1. The van der Waals surface area contributed by atoms with E-state index in [0.29, 0.717) is 39.4 Å². The zero-order valence-electron chi connectivity index (χ0n) is 18.2. The Morgan fingerprint density at radius 1 is 0.879 bits per heavy atom. The van der Waals surface area contributed by atoms with Crippen LogP contribution in [0.3, 0.4) is 0 Å². The van der Waals surface area contributed by atoms with Crippen LogP contribution in [0.5, 0.6) is 17.2 Å². The number of ketones is 1. The number of nitrogens with zero attached hydrogens (tertiary/aromatic N) is 1. The van der Waals surface area contributed by atoms with Gasteiger partial charge in [-0.15, -0.1) is 0 Å². The number of sulfonamides is 1. The van der Waals surface area contributed by atoms with Crippen LogP contribution in [0.15, 0.2) is 71.8 Å². The molecular formula is C24H22N2O6S. The Labute approximate surface area is 191 Å². The van der Waals surface area contributed by atoms with E-state index in [4.69, 9.17) is 19.3 Å². The van der Waals surface area contributed by atoms with Crippen molar-refractivity contribution in [2.75, 3.05) is 21.3 Å². The summed E-state index contributed by atoms with van der Waals surface area (Å²) in [6, 6.07) is 16.8. The van der Waals surface area contributed by atoms with Crippen LogP contribution >= 0.6 is 0 Å². The Morgan fingerprint density at radius 2 is 1.55 bits per heavy atom. The Morgan fingerprint density at radius 3 is 2.15 bits per heavy atom. The molecule has 0 saturated heterocycles. The third-order valence-corrected chi connectivity index (χ3v) is 6.22. The van der Waals surface area contributed by atoms with E-state index < -0.39 is 10.0 Å². The Kier molecular flexibility index (Phi) is 5.84. The molecule has 4 aromatic rings. The molecule has 8 nitrogen and oxygen atoms in total. The van der Waals surface area contributed by atoms with Crippen LogP contribution in [0.2, 0.25) is 0 Å². The molecule has 4 rings (SSSR count). The van der Waals surface area contributed by atoms with Gasteiger partial charge < -0.3 is 18.8 Å². The summed E-state index contributed by atoms with van der Waals surface area (Å²) in [5.41, 5.74) is 2.08. The average molecular weight is 467 g/mol. The second-order valence-electron chi connectivity index (χ2n) is 7.22. The molecule has 2 N–H and O–H groups in total. The molecule has 0 radical (unpaired) electrons. The summed E-state index contributed by atoms with van der Waals surface area (Å²) >= 11 is 0. The maximum atomic E-state index is 13.6. The first-order chi connectivity index (χ1) is 15.8. The number of ether oxygens (including phenoxy) is 3. The Balaban J connectivity index is 1.90. The lowest BCUT2D eigenvalue weighted by molar-refractivity contribution is 0.103. The van der Waals surface area contributed by atoms with E-state index in [0.717, 1.165) is 5.52 Å². The van der Waals surface area contributed by atoms with Crippen molar-refractivity contribution in [3.05, 3.63) is 78.0 Å². The predicted octanol–water partition coefficient (Wildman–Crippen LogP) is 3.53. The number of aromatic nitrogens is 1. The number of fused-ring (bicyclic) bond motifs is 1. The lowest BCUT2D eigenvalue weighted by Gasteiger charge is -2.13. The predicted molar refractivity (Wildman–Crippen MR) is 124 cm³/mol. The van der Waals surface area contributed by atoms with Gasteiger partial charge in [0.1, 0.15) is 0 Å². The SMILES string of the molecule is COc1cc(C(=O)c2cn(-c3cccc(S(N)(=O)=O)c3)c3ccccc23)cc(OC)c1OC. The van der Waals surface area contributed by atoms with Crippen molar-refractivity contribution >= 4 is 26.7 Å². The normalized spacial score (nSPS) is 11.4. The molecule has 170 valence electrons. The number of nitrogens with two attached hydrogens (primary N) is 1. The van der Waals surface area contributed by atoms with E-state index in [9.17, 15) is 13.2 Å². The fourth-order valence-corrected chi connectivity index (χ4v) is 4.31. The maximum absolute atomic E-state index is 13.6. The fraction of sp³-hybridized carbons (Fsp3) is 0.125. The lowest BCUT2D eigenvalue weighted by Crippen LogP contribution is -2.12. The van der Waals surface area contributed by atoms with E-state index in [1.807, 2.05) is 24.3 Å². The van der Waals surface area contributed by atoms with Crippen molar-refractivity contribution in [1.82, 2.24) is 4.57 Å². The highest BCUT2D eigenvalue weighted by Gasteiger charge is 2.22. The Hall–Kier alpha value is -3.82. The van der Waals surface area contributed by atoms with E-state index in [1.165, 1.54) is 33.5 Å². The molecule has 9 heteroatoms. The van der Waals surface area contributed by atoms with Crippen LogP contribution in [0.1, 0.15) is 15.9 Å². The van der Waals surface area contributed by atoms with Gasteiger partial charge in [-0.05, 0) is 36.4 Å². The lowest BCUT2D eigenvalue weighted by atomic mass is 10.0. The van der Waals surface area contributed by atoms with Gasteiger partial charge in [0.15, 0.2) is 17.3 Å². The maximum Gasteiger partial charge on any atom is 0.238 e. The summed E-state index contributed by atoms with van der Waals surface area (Å²) < 4.78 is 41.5. The number of benzene rings is 3. The van der Waals surface area contributed by atoms with Crippen molar-refractivity contribution in [2.45, 2.75) is 4.90 Å². The van der Waals surface area contributed by atoms with Crippen LogP contribution in [-0.4, -0.2) is 40.1 Å². The van der Waals surface area contributed by atoms with Gasteiger partial charge in [0.05, 0.1) is 31.7 Å². The highest BCUT2D eigenvalue weighted by molar-refractivity contribution is 7.89. The van der Waals surface area contributed by atoms with Gasteiger partial charge in [0, 0.05) is 28.4 Å². The second-order valence-corrected chi connectivity index (χ2v) is 8.78. The van der Waals surface area contributed by atoms with Crippen molar-refractivity contribution in [1.29, 1.82) is 0 Å². The zero-order valence-corrected chi connectivity index (χ0v) is 19.0. The molecule has 1 heterocycles. The summed E-state index contributed by atoms with van der Waals surface area (Å²) in [5, 5.41) is 6.00. The van der Waals surface area contributed by atoms with Gasteiger partial charge in [0.25, 0.3) is 0 Å². The topological polar surface area (TPSA) is 110 Å². The smallest absolute Gasteiger partial charge is 0.238 e. The second kappa shape index (κ2) is 8.61. The molecule has 0 amide bonds. The molecule has 0 aliphatic carbocycles. The van der Waals surface area contributed by atoms with Gasteiger partial charge >= 0.3 is 0 Å². The summed E-state index contributed by atoms with van der Waals surface area (Å²) in [5.74, 6) is 0.861. The van der Waals surface area contributed by atoms with Crippen LogP contribution in [-0.2, 0) is 10.0 Å². The highest BCUT2D eigenvalue weighted by Crippen LogP contribution is 2.39. The van der Waals surface area contributed by atoms with E-state index in [1.54, 1.807) is 35.0 Å². The number of hydrogen-bond donors (Lipinski definition) is 1. The average Bonchev–Trinajstić information content (AvgIpc) is 3.21. The first-order valence-electron chi connectivity index (χ1n) is 9.86. The molecule has 0 saturated carbocycles. The molecule has 0 atom stereocenters. The molecule has 33 heavy (non-hydrogen) atoms. The number of carbonyl (C=O) groups is 1. The monoisotopic (exact) mass is 466 g/mol. The van der Waals surface area contributed by atoms with Crippen molar-refractivity contribution in [2.24, 2.45) is 5.14 Å². The van der Waals surface area contributed by atoms with Crippen LogP contribution in [0.4, 0.5) is 0 Å². The number of rotatable bonds is 7. The Bertz CT molecular complexity index is 1450. The number of hydrogen-bond acceptors (Lipinski definition) is 6. The van der Waals surface area contributed by atoms with Gasteiger partial charge in [-0.2, -0.15) is 0 Å². The van der Waals surface area contributed by atoms with Gasteiger partial charge in [0.2, 0.25) is 15.8 Å². The molecule has 0 aliphatic heterocycles. The largest absolute Gasteiger partial charge is 0.493 e. The van der Waals surface area contributed by atoms with E-state index >= 15 is 0 Å². The summed E-state index contributed by atoms with van der Waals surface area (Å²) in [4.78, 5) is 13.6. The first kappa shape index (κ1) is 22.4. The van der Waals surface area contributed by atoms with Gasteiger partial charge in [-0.3, -0.25) is 4.79 Å². The van der Waals surface area contributed by atoms with Crippen LogP contribution in [0.25, 0.3) is 16.6 Å². The highest BCUT2D eigenvalue weighted by atomic mass is 32.2. The molecule has 1 aromatic heterocycles. The fourth-order valence-electron chi connectivity index (χ4n) is 3.75. The minimum Gasteiger partial charge on any atom is -0.493 e. The zero-order chi connectivity index (χ0) is 23.8. The molecule has 0 aliphatic rings. The summed E-state index contributed by atoms with van der Waals surface area (Å²) in [7, 11) is 0.574. The van der Waals surface area contributed by atoms with Crippen LogP contribution < -0.4 is 19.3 Å². The quantitative estimate of drug-likeness (QED) is 0.417. The molecule has 0 fully saturated rings. The van der Waals surface area contributed by atoms with Crippen LogP contribution in [0, 0.1) is 0 Å². The number of methoxy groups -OCH3 is 3. The van der Waals surface area contributed by atoms with E-state index in [-0.39, 0.29) is 10.7 Å². The van der Waals surface area contributed by atoms with Gasteiger partial charge in [-0.1, -0.05) is 24.3 Å². The van der Waals surface area contributed by atoms with E-state index in [2.05, 4.69) is 0 Å². The first-order valence-corrected chi connectivity index (χ1v) is 11.4. The number of carbonyl (C=O) groups excluding carboxylic acids is 1. The minimum absolute atomic E-state index is 0.0183. The summed E-state index contributed by atoms with van der Waals surface area (Å²) in [6.45, 7) is 0. The van der Waals surface area contributed by atoms with Crippen molar-refractivity contribution in [3.8, 4) is 22.9 Å². The molecule has 0 unspecified atom stereocenters. The van der Waals surface area contributed by atoms with Gasteiger partial charge in [-0.25, -0.2) is 13.6 Å². The third kappa shape index (κ3) is 4.04. The molecule has 0 spiro atoms. The molecule has 0 bridgehead atoms. The molecule has 3 aromatic carbocycles. The number of primary sulfonamides is 1. The molecular weight excluding hydrogens is 444 g/mol. The van der Waals surface area contributed by atoms with Crippen molar-refractivity contribution < 1.29 is 27.4 Å².